The minimum Gasteiger partial charge on any atom is -0.396 e. The molecular formula is C16H24FNO2. The van der Waals surface area contributed by atoms with Gasteiger partial charge in [0.2, 0.25) is 0 Å². The molecule has 1 aliphatic heterocycles. The Morgan fingerprint density at radius 1 is 1.45 bits per heavy atom. The predicted octanol–water partition coefficient (Wildman–Crippen LogP) is 2.26. The van der Waals surface area contributed by atoms with E-state index in [-0.39, 0.29) is 17.8 Å². The zero-order valence-corrected chi connectivity index (χ0v) is 12.3. The molecule has 0 amide bonds. The second-order valence-corrected chi connectivity index (χ2v) is 6.32. The van der Waals surface area contributed by atoms with E-state index in [1.807, 2.05) is 6.92 Å². The number of rotatable bonds is 4. The summed E-state index contributed by atoms with van der Waals surface area (Å²) < 4.78 is 13.1. The summed E-state index contributed by atoms with van der Waals surface area (Å²) in [6.45, 7) is 6.33. The van der Waals surface area contributed by atoms with Gasteiger partial charge in [0.1, 0.15) is 5.82 Å². The molecule has 2 atom stereocenters. The van der Waals surface area contributed by atoms with Crippen molar-refractivity contribution in [2.45, 2.75) is 32.8 Å². The van der Waals surface area contributed by atoms with Crippen LogP contribution < -0.4 is 0 Å². The van der Waals surface area contributed by atoms with Crippen LogP contribution in [0.1, 0.15) is 37.0 Å². The van der Waals surface area contributed by atoms with Crippen LogP contribution in [-0.2, 0) is 0 Å². The normalized spacial score (nSPS) is 25.6. The fraction of sp³-hybridized carbons (Fsp3) is 0.625. The molecule has 1 aliphatic rings. The Morgan fingerprint density at radius 3 is 2.85 bits per heavy atom. The van der Waals surface area contributed by atoms with Gasteiger partial charge in [-0.2, -0.15) is 0 Å². The van der Waals surface area contributed by atoms with Crippen LogP contribution in [0.3, 0.4) is 0 Å². The minimum absolute atomic E-state index is 0.0736. The predicted molar refractivity (Wildman–Crippen MR) is 77.0 cm³/mol. The van der Waals surface area contributed by atoms with Crippen molar-refractivity contribution in [3.05, 3.63) is 35.1 Å². The van der Waals surface area contributed by atoms with Gasteiger partial charge in [-0.15, -0.1) is 0 Å². The number of benzene rings is 1. The molecule has 1 fully saturated rings. The van der Waals surface area contributed by atoms with Crippen LogP contribution in [-0.4, -0.2) is 41.4 Å². The molecule has 112 valence electrons. The molecule has 1 aromatic rings. The van der Waals surface area contributed by atoms with Crippen molar-refractivity contribution < 1.29 is 14.6 Å². The third-order valence-electron chi connectivity index (χ3n) is 4.26. The molecule has 0 radical (unpaired) electrons. The molecule has 2 unspecified atom stereocenters. The lowest BCUT2D eigenvalue weighted by Crippen LogP contribution is -2.45. The Labute approximate surface area is 120 Å². The van der Waals surface area contributed by atoms with E-state index in [4.69, 9.17) is 0 Å². The van der Waals surface area contributed by atoms with Crippen molar-refractivity contribution in [3.63, 3.8) is 0 Å². The summed E-state index contributed by atoms with van der Waals surface area (Å²) in [5.41, 5.74) is 1.48. The van der Waals surface area contributed by atoms with E-state index < -0.39 is 6.10 Å². The van der Waals surface area contributed by atoms with E-state index in [0.29, 0.717) is 6.54 Å². The average molecular weight is 281 g/mol. The number of hydrogen-bond donors (Lipinski definition) is 2. The summed E-state index contributed by atoms with van der Waals surface area (Å²) >= 11 is 0. The first-order valence-electron chi connectivity index (χ1n) is 7.21. The highest BCUT2D eigenvalue weighted by Gasteiger charge is 2.31. The number of aliphatic hydroxyl groups excluding tert-OH is 2. The van der Waals surface area contributed by atoms with Crippen molar-refractivity contribution in [1.29, 1.82) is 0 Å². The molecule has 0 saturated carbocycles. The summed E-state index contributed by atoms with van der Waals surface area (Å²) in [7, 11) is 0. The molecular weight excluding hydrogens is 257 g/mol. The molecule has 1 heterocycles. The molecule has 4 heteroatoms. The topological polar surface area (TPSA) is 43.7 Å². The van der Waals surface area contributed by atoms with Crippen LogP contribution in [0.2, 0.25) is 0 Å². The van der Waals surface area contributed by atoms with E-state index in [9.17, 15) is 14.6 Å². The molecule has 20 heavy (non-hydrogen) atoms. The van der Waals surface area contributed by atoms with Crippen LogP contribution in [0.4, 0.5) is 4.39 Å². The van der Waals surface area contributed by atoms with Gasteiger partial charge in [0.25, 0.3) is 0 Å². The fourth-order valence-electron chi connectivity index (χ4n) is 3.07. The Kier molecular flexibility index (Phi) is 4.78. The lowest BCUT2D eigenvalue weighted by Gasteiger charge is -2.40. The summed E-state index contributed by atoms with van der Waals surface area (Å²) in [5, 5.41) is 19.8. The van der Waals surface area contributed by atoms with E-state index in [2.05, 4.69) is 11.8 Å². The number of hydrogen-bond acceptors (Lipinski definition) is 3. The lowest BCUT2D eigenvalue weighted by molar-refractivity contribution is 0.0209. The zero-order valence-electron chi connectivity index (χ0n) is 12.3. The van der Waals surface area contributed by atoms with Crippen molar-refractivity contribution in [2.24, 2.45) is 5.41 Å². The van der Waals surface area contributed by atoms with Crippen LogP contribution in [0.15, 0.2) is 18.2 Å². The van der Waals surface area contributed by atoms with Crippen molar-refractivity contribution in [2.75, 3.05) is 26.2 Å². The zero-order chi connectivity index (χ0) is 14.8. The number of β-amino-alcohol motifs (C(OH)–C–C–N with tert-alkyl or cyclic N) is 1. The van der Waals surface area contributed by atoms with E-state index >= 15 is 0 Å². The van der Waals surface area contributed by atoms with Crippen molar-refractivity contribution in [3.8, 4) is 0 Å². The number of likely N-dealkylation sites (tertiary alicyclic amines) is 1. The number of nitrogens with zero attached hydrogens (tertiary/aromatic N) is 1. The summed E-state index contributed by atoms with van der Waals surface area (Å²) in [4.78, 5) is 2.19. The molecule has 0 spiro atoms. The Balaban J connectivity index is 2.02. The van der Waals surface area contributed by atoms with Gasteiger partial charge in [-0.05, 0) is 49.6 Å². The van der Waals surface area contributed by atoms with Gasteiger partial charge in [0, 0.05) is 25.1 Å². The van der Waals surface area contributed by atoms with Gasteiger partial charge in [-0.3, -0.25) is 4.90 Å². The van der Waals surface area contributed by atoms with Crippen LogP contribution in [0, 0.1) is 18.2 Å². The van der Waals surface area contributed by atoms with E-state index in [1.165, 1.54) is 12.1 Å². The third kappa shape index (κ3) is 3.57. The van der Waals surface area contributed by atoms with Crippen molar-refractivity contribution >= 4 is 0 Å². The Hall–Kier alpha value is -0.970. The first-order valence-corrected chi connectivity index (χ1v) is 7.21. The third-order valence-corrected chi connectivity index (χ3v) is 4.26. The second-order valence-electron chi connectivity index (χ2n) is 6.32. The quantitative estimate of drug-likeness (QED) is 0.889. The number of halogens is 1. The molecule has 2 N–H and O–H groups in total. The highest BCUT2D eigenvalue weighted by atomic mass is 19.1. The van der Waals surface area contributed by atoms with Crippen molar-refractivity contribution in [1.82, 2.24) is 4.90 Å². The summed E-state index contributed by atoms with van der Waals surface area (Å²) in [6, 6.07) is 4.50. The van der Waals surface area contributed by atoms with Gasteiger partial charge in [-0.1, -0.05) is 13.0 Å². The molecule has 1 saturated heterocycles. The van der Waals surface area contributed by atoms with Gasteiger partial charge >= 0.3 is 0 Å². The largest absolute Gasteiger partial charge is 0.396 e. The smallest absolute Gasteiger partial charge is 0.123 e. The minimum atomic E-state index is -0.614. The highest BCUT2D eigenvalue weighted by molar-refractivity contribution is 5.28. The summed E-state index contributed by atoms with van der Waals surface area (Å²) in [5.74, 6) is -0.274. The second kappa shape index (κ2) is 6.20. The Bertz CT molecular complexity index is 466. The molecule has 0 aliphatic carbocycles. The van der Waals surface area contributed by atoms with E-state index in [0.717, 1.165) is 37.1 Å². The number of aryl methyl sites for hydroxylation is 1. The maximum absolute atomic E-state index is 13.1. The van der Waals surface area contributed by atoms with Gasteiger partial charge in [0.05, 0.1) is 6.10 Å². The van der Waals surface area contributed by atoms with Crippen LogP contribution >= 0.6 is 0 Å². The maximum atomic E-state index is 13.1. The fourth-order valence-corrected chi connectivity index (χ4v) is 3.07. The van der Waals surface area contributed by atoms with E-state index in [1.54, 1.807) is 6.07 Å². The first-order chi connectivity index (χ1) is 9.43. The van der Waals surface area contributed by atoms with Gasteiger partial charge in [0.15, 0.2) is 0 Å². The number of piperidine rings is 1. The van der Waals surface area contributed by atoms with Gasteiger partial charge in [-0.25, -0.2) is 4.39 Å². The maximum Gasteiger partial charge on any atom is 0.123 e. The lowest BCUT2D eigenvalue weighted by atomic mass is 9.82. The summed E-state index contributed by atoms with van der Waals surface area (Å²) in [6.07, 6.45) is 1.44. The molecule has 3 nitrogen and oxygen atoms in total. The standard InChI is InChI=1S/C16H24FNO2/c1-12-8-13(17)4-5-14(12)15(20)9-18-7-3-6-16(2,10-18)11-19/h4-5,8,15,19-20H,3,6-7,9-11H2,1-2H3. The molecule has 1 aromatic carbocycles. The highest BCUT2D eigenvalue weighted by Crippen LogP contribution is 2.30. The van der Waals surface area contributed by atoms with Crippen LogP contribution in [0.25, 0.3) is 0 Å². The monoisotopic (exact) mass is 281 g/mol. The molecule has 0 aromatic heterocycles. The average Bonchev–Trinajstić information content (AvgIpc) is 2.38. The molecule has 2 rings (SSSR count). The number of aliphatic hydroxyl groups is 2. The van der Waals surface area contributed by atoms with Gasteiger partial charge < -0.3 is 10.2 Å². The molecule has 0 bridgehead atoms. The Morgan fingerprint density at radius 2 is 2.20 bits per heavy atom. The first kappa shape index (κ1) is 15.4. The van der Waals surface area contributed by atoms with Crippen LogP contribution in [0.5, 0.6) is 0 Å². The SMILES string of the molecule is Cc1cc(F)ccc1C(O)CN1CCCC(C)(CO)C1.